The number of rotatable bonds is 2. The molecule has 94 valence electrons. The van der Waals surface area contributed by atoms with Crippen LogP contribution < -0.4 is 0 Å². The average molecular weight is 246 g/mol. The monoisotopic (exact) mass is 246 g/mol. The molecule has 1 rings (SSSR count). The van der Waals surface area contributed by atoms with Crippen LogP contribution in [0.2, 0.25) is 0 Å². The van der Waals surface area contributed by atoms with Gasteiger partial charge >= 0.3 is 18.1 Å². The molecule has 7 heteroatoms. The molecule has 0 N–H and O–H groups in total. The molecule has 0 aromatic carbocycles. The maximum Gasteiger partial charge on any atom is 0.465 e. The summed E-state index contributed by atoms with van der Waals surface area (Å²) in [6.07, 6.45) is -3.78. The number of hydrogen-bond donors (Lipinski definition) is 0. The second-order valence-electron chi connectivity index (χ2n) is 3.74. The van der Waals surface area contributed by atoms with Crippen molar-refractivity contribution in [3.63, 3.8) is 0 Å². The van der Waals surface area contributed by atoms with E-state index >= 15 is 0 Å². The van der Waals surface area contributed by atoms with Gasteiger partial charge in [-0.05, 0) is 25.7 Å². The van der Waals surface area contributed by atoms with Crippen LogP contribution in [0.3, 0.4) is 0 Å². The first-order chi connectivity index (χ1) is 7.25. The number of esters is 1. The maximum atomic E-state index is 12.5. The highest BCUT2D eigenvalue weighted by atomic mass is 19.4. The summed E-state index contributed by atoms with van der Waals surface area (Å²) in [5.41, 5.74) is 0. The predicted molar refractivity (Wildman–Crippen MR) is 44.0 cm³/mol. The zero-order valence-corrected chi connectivity index (χ0v) is 8.32. The van der Waals surface area contributed by atoms with E-state index < -0.39 is 24.2 Å². The number of alkyl halides is 5. The topological polar surface area (TPSA) is 26.3 Å². The summed E-state index contributed by atoms with van der Waals surface area (Å²) in [6.45, 7) is 0. The van der Waals surface area contributed by atoms with Crippen LogP contribution >= 0.6 is 0 Å². The van der Waals surface area contributed by atoms with Gasteiger partial charge in [-0.25, -0.2) is 4.79 Å². The van der Waals surface area contributed by atoms with Gasteiger partial charge in [-0.2, -0.15) is 22.0 Å². The lowest BCUT2D eigenvalue weighted by atomic mass is 9.98. The highest BCUT2D eigenvalue weighted by molar-refractivity contribution is 5.78. The van der Waals surface area contributed by atoms with Gasteiger partial charge in [0.1, 0.15) is 6.10 Å². The van der Waals surface area contributed by atoms with E-state index in [1.54, 1.807) is 0 Å². The summed E-state index contributed by atoms with van der Waals surface area (Å²) in [5, 5.41) is 0. The van der Waals surface area contributed by atoms with E-state index in [0.717, 1.165) is 6.42 Å². The van der Waals surface area contributed by atoms with Gasteiger partial charge in [0.25, 0.3) is 0 Å². The average Bonchev–Trinajstić information content (AvgIpc) is 2.17. The van der Waals surface area contributed by atoms with E-state index in [2.05, 4.69) is 4.74 Å². The summed E-state index contributed by atoms with van der Waals surface area (Å²) in [6, 6.07) is 0. The van der Waals surface area contributed by atoms with Gasteiger partial charge in [-0.3, -0.25) is 0 Å². The number of carbonyl (C=O) groups is 1. The zero-order chi connectivity index (χ0) is 12.4. The third-order valence-corrected chi connectivity index (χ3v) is 2.44. The Bertz CT molecular complexity index is 255. The molecule has 0 spiro atoms. The Morgan fingerprint density at radius 2 is 1.50 bits per heavy atom. The molecule has 1 saturated carbocycles. The molecule has 0 aromatic heterocycles. The normalized spacial score (nSPS) is 19.6. The van der Waals surface area contributed by atoms with Gasteiger partial charge in [0.2, 0.25) is 0 Å². The minimum absolute atomic E-state index is 0.347. The lowest BCUT2D eigenvalue weighted by molar-refractivity contribution is -0.282. The molecule has 0 amide bonds. The number of hydrogen-bond acceptors (Lipinski definition) is 2. The van der Waals surface area contributed by atoms with Crippen LogP contribution in [0, 0.1) is 0 Å². The molecule has 16 heavy (non-hydrogen) atoms. The van der Waals surface area contributed by atoms with E-state index in [0.29, 0.717) is 25.7 Å². The van der Waals surface area contributed by atoms with Gasteiger partial charge in [-0.1, -0.05) is 6.42 Å². The first kappa shape index (κ1) is 13.2. The molecule has 0 heterocycles. The van der Waals surface area contributed by atoms with Gasteiger partial charge in [0, 0.05) is 0 Å². The highest BCUT2D eigenvalue weighted by Gasteiger charge is 2.65. The summed E-state index contributed by atoms with van der Waals surface area (Å²) in [7, 11) is 0. The molecule has 0 bridgehead atoms. The number of ether oxygens (including phenoxy) is 1. The Balaban J connectivity index is 2.57. The fourth-order valence-corrected chi connectivity index (χ4v) is 1.52. The van der Waals surface area contributed by atoms with Gasteiger partial charge < -0.3 is 4.74 Å². The van der Waals surface area contributed by atoms with Gasteiger partial charge in [0.15, 0.2) is 0 Å². The Kier molecular flexibility index (Phi) is 3.75. The van der Waals surface area contributed by atoms with E-state index in [1.807, 2.05) is 0 Å². The first-order valence-electron chi connectivity index (χ1n) is 4.91. The van der Waals surface area contributed by atoms with Crippen molar-refractivity contribution in [2.24, 2.45) is 0 Å². The van der Waals surface area contributed by atoms with Crippen LogP contribution in [-0.2, 0) is 9.53 Å². The summed E-state index contributed by atoms with van der Waals surface area (Å²) >= 11 is 0. The molecule has 1 fully saturated rings. The highest BCUT2D eigenvalue weighted by Crippen LogP contribution is 2.37. The van der Waals surface area contributed by atoms with Crippen LogP contribution in [0.5, 0.6) is 0 Å². The summed E-state index contributed by atoms with van der Waals surface area (Å²) < 4.78 is 64.5. The molecule has 0 aliphatic heterocycles. The van der Waals surface area contributed by atoms with E-state index in [1.165, 1.54) is 0 Å². The zero-order valence-electron chi connectivity index (χ0n) is 8.32. The first-order valence-corrected chi connectivity index (χ1v) is 4.91. The molecular formula is C9H11F5O2. The van der Waals surface area contributed by atoms with Crippen molar-refractivity contribution >= 4 is 5.97 Å². The van der Waals surface area contributed by atoms with Crippen LogP contribution in [0.25, 0.3) is 0 Å². The van der Waals surface area contributed by atoms with Crippen molar-refractivity contribution < 1.29 is 31.5 Å². The molecule has 0 unspecified atom stereocenters. The Hall–Kier alpha value is -0.880. The summed E-state index contributed by atoms with van der Waals surface area (Å²) in [4.78, 5) is 10.7. The Labute approximate surface area is 88.8 Å². The van der Waals surface area contributed by atoms with Crippen molar-refractivity contribution in [1.29, 1.82) is 0 Å². The van der Waals surface area contributed by atoms with Crippen molar-refractivity contribution in [3.05, 3.63) is 0 Å². The van der Waals surface area contributed by atoms with Crippen LogP contribution in [0.15, 0.2) is 0 Å². The molecule has 0 saturated heterocycles. The lowest BCUT2D eigenvalue weighted by Gasteiger charge is -2.25. The smallest absolute Gasteiger partial charge is 0.458 e. The minimum atomic E-state index is -5.89. The van der Waals surface area contributed by atoms with Crippen molar-refractivity contribution in [2.45, 2.75) is 50.3 Å². The van der Waals surface area contributed by atoms with Crippen molar-refractivity contribution in [1.82, 2.24) is 0 Å². The summed E-state index contributed by atoms with van der Waals surface area (Å²) in [5.74, 6) is -7.91. The molecule has 0 radical (unpaired) electrons. The minimum Gasteiger partial charge on any atom is -0.458 e. The standard InChI is InChI=1S/C9H11F5O2/c10-8(11,9(12,13)14)7(15)16-6-4-2-1-3-5-6/h6H,1-5H2. The molecule has 1 aliphatic carbocycles. The van der Waals surface area contributed by atoms with E-state index in [-0.39, 0.29) is 0 Å². The van der Waals surface area contributed by atoms with Gasteiger partial charge in [0.05, 0.1) is 0 Å². The fourth-order valence-electron chi connectivity index (χ4n) is 1.52. The Morgan fingerprint density at radius 3 is 1.94 bits per heavy atom. The number of halogens is 5. The van der Waals surface area contributed by atoms with E-state index in [4.69, 9.17) is 0 Å². The fraction of sp³-hybridized carbons (Fsp3) is 0.889. The molecule has 0 aromatic rings. The quantitative estimate of drug-likeness (QED) is 0.553. The van der Waals surface area contributed by atoms with Crippen molar-refractivity contribution in [2.75, 3.05) is 0 Å². The van der Waals surface area contributed by atoms with Crippen LogP contribution in [0.1, 0.15) is 32.1 Å². The molecule has 1 aliphatic rings. The largest absolute Gasteiger partial charge is 0.465 e. The number of carbonyl (C=O) groups excluding carboxylic acids is 1. The maximum absolute atomic E-state index is 12.5. The molecular weight excluding hydrogens is 235 g/mol. The van der Waals surface area contributed by atoms with E-state index in [9.17, 15) is 26.7 Å². The lowest BCUT2D eigenvalue weighted by Crippen LogP contribution is -2.46. The molecule has 0 atom stereocenters. The van der Waals surface area contributed by atoms with Gasteiger partial charge in [-0.15, -0.1) is 0 Å². The third kappa shape index (κ3) is 2.82. The van der Waals surface area contributed by atoms with Crippen LogP contribution in [0.4, 0.5) is 22.0 Å². The third-order valence-electron chi connectivity index (χ3n) is 2.44. The van der Waals surface area contributed by atoms with Crippen molar-refractivity contribution in [3.8, 4) is 0 Å². The molecule has 2 nitrogen and oxygen atoms in total. The second kappa shape index (κ2) is 4.55. The van der Waals surface area contributed by atoms with Crippen LogP contribution in [-0.4, -0.2) is 24.2 Å². The predicted octanol–water partition coefficient (Wildman–Crippen LogP) is 3.06. The Morgan fingerprint density at radius 1 is 1.00 bits per heavy atom. The SMILES string of the molecule is O=C(OC1CCCCC1)C(F)(F)C(F)(F)F. The second-order valence-corrected chi connectivity index (χ2v) is 3.74.